The Kier molecular flexibility index (Phi) is 7.18. The van der Waals surface area contributed by atoms with Gasteiger partial charge in [-0.1, -0.05) is 67.2 Å². The smallest absolute Gasteiger partial charge is 0.258 e. The molecule has 0 saturated heterocycles. The van der Waals surface area contributed by atoms with Gasteiger partial charge >= 0.3 is 0 Å². The number of phenolic OH excluding ortho intramolecular Hbond substituents is 1. The van der Waals surface area contributed by atoms with Gasteiger partial charge in [0.05, 0.1) is 5.56 Å². The first kappa shape index (κ1) is 25.2. The van der Waals surface area contributed by atoms with E-state index in [-0.39, 0.29) is 11.7 Å². The third kappa shape index (κ3) is 5.42. The van der Waals surface area contributed by atoms with Crippen molar-refractivity contribution in [2.45, 2.75) is 40.2 Å². The van der Waals surface area contributed by atoms with Crippen molar-refractivity contribution < 1.29 is 19.4 Å². The summed E-state index contributed by atoms with van der Waals surface area (Å²) in [4.78, 5) is 15.7. The van der Waals surface area contributed by atoms with Gasteiger partial charge in [-0.15, -0.1) is 0 Å². The third-order valence-electron chi connectivity index (χ3n) is 6.79. The van der Waals surface area contributed by atoms with E-state index in [0.29, 0.717) is 43.4 Å². The molecule has 0 saturated carbocycles. The van der Waals surface area contributed by atoms with Crippen molar-refractivity contribution in [3.05, 3.63) is 130 Å². The molecule has 0 aromatic heterocycles. The van der Waals surface area contributed by atoms with E-state index in [4.69, 9.17) is 9.47 Å². The van der Waals surface area contributed by atoms with Gasteiger partial charge in [0, 0.05) is 24.7 Å². The van der Waals surface area contributed by atoms with Crippen LogP contribution in [0.1, 0.15) is 50.7 Å². The molecule has 0 spiro atoms. The summed E-state index contributed by atoms with van der Waals surface area (Å²) in [7, 11) is 0. The van der Waals surface area contributed by atoms with E-state index in [1.54, 1.807) is 17.0 Å². The van der Waals surface area contributed by atoms with Crippen molar-refractivity contribution in [3.8, 4) is 17.2 Å². The summed E-state index contributed by atoms with van der Waals surface area (Å²) in [5.41, 5.74) is 7.08. The van der Waals surface area contributed by atoms with Gasteiger partial charge < -0.3 is 19.5 Å². The van der Waals surface area contributed by atoms with Crippen LogP contribution in [0.2, 0.25) is 0 Å². The van der Waals surface area contributed by atoms with E-state index >= 15 is 0 Å². The molecule has 5 heteroatoms. The van der Waals surface area contributed by atoms with Crippen LogP contribution in [-0.4, -0.2) is 15.9 Å². The average Bonchev–Trinajstić information content (AvgIpc) is 3.36. The third-order valence-corrected chi connectivity index (χ3v) is 6.79. The Balaban J connectivity index is 1.49. The molecule has 0 unspecified atom stereocenters. The number of aryl methyl sites for hydroxylation is 1. The number of benzene rings is 4. The number of hydrogen-bond donors (Lipinski definition) is 1. The quantitative estimate of drug-likeness (QED) is 0.279. The summed E-state index contributed by atoms with van der Waals surface area (Å²) in [5, 5.41) is 10.1. The molecule has 38 heavy (non-hydrogen) atoms. The number of rotatable bonds is 8. The van der Waals surface area contributed by atoms with Crippen LogP contribution in [-0.2, 0) is 26.3 Å². The highest BCUT2D eigenvalue weighted by atomic mass is 16.5. The summed E-state index contributed by atoms with van der Waals surface area (Å²) >= 11 is 0. The lowest BCUT2D eigenvalue weighted by molar-refractivity contribution is 0.0746. The summed E-state index contributed by atoms with van der Waals surface area (Å²) in [5.74, 6) is 1.15. The van der Waals surface area contributed by atoms with Crippen LogP contribution < -0.4 is 9.47 Å². The van der Waals surface area contributed by atoms with Gasteiger partial charge in [0.25, 0.3) is 5.91 Å². The Hall–Kier alpha value is -4.51. The number of phenols is 1. The van der Waals surface area contributed by atoms with E-state index in [1.165, 1.54) is 0 Å². The van der Waals surface area contributed by atoms with Crippen LogP contribution in [0.4, 0.5) is 0 Å². The minimum absolute atomic E-state index is 0.139. The number of allylic oxidation sites excluding steroid dienone is 1. The zero-order valence-corrected chi connectivity index (χ0v) is 21.7. The fraction of sp³-hybridized carbons (Fsp3) is 0.182. The first-order valence-electron chi connectivity index (χ1n) is 12.7. The zero-order valence-electron chi connectivity index (χ0n) is 21.7. The molecule has 1 amide bonds. The first-order valence-corrected chi connectivity index (χ1v) is 12.7. The first-order chi connectivity index (χ1) is 18.4. The molecule has 0 fully saturated rings. The molecule has 1 aliphatic rings. The fourth-order valence-corrected chi connectivity index (χ4v) is 4.77. The van der Waals surface area contributed by atoms with Gasteiger partial charge in [-0.05, 0) is 65.4 Å². The van der Waals surface area contributed by atoms with Crippen molar-refractivity contribution in [2.24, 2.45) is 0 Å². The van der Waals surface area contributed by atoms with Gasteiger partial charge in [-0.3, -0.25) is 4.79 Å². The SMILES string of the molecule is C=C(C)c1cc(C(=O)N2Cc3cc(O)cc(C)c3C2)c(OCc2ccccc2)cc1OCc1ccccc1. The molecule has 1 aliphatic heterocycles. The average molecular weight is 506 g/mol. The molecule has 0 radical (unpaired) electrons. The topological polar surface area (TPSA) is 59.0 Å². The predicted molar refractivity (Wildman–Crippen MR) is 149 cm³/mol. The molecule has 0 aliphatic carbocycles. The van der Waals surface area contributed by atoms with Gasteiger partial charge in [0.15, 0.2) is 0 Å². The normalized spacial score (nSPS) is 12.2. The second-order valence-electron chi connectivity index (χ2n) is 9.73. The molecule has 0 atom stereocenters. The van der Waals surface area contributed by atoms with Crippen molar-refractivity contribution in [1.29, 1.82) is 0 Å². The van der Waals surface area contributed by atoms with Crippen LogP contribution in [0.25, 0.3) is 5.57 Å². The Morgan fingerprint density at radius 3 is 2.00 bits per heavy atom. The second kappa shape index (κ2) is 10.9. The maximum atomic E-state index is 13.9. The van der Waals surface area contributed by atoms with Crippen LogP contribution in [0.5, 0.6) is 17.2 Å². The van der Waals surface area contributed by atoms with Crippen molar-refractivity contribution >= 4 is 11.5 Å². The summed E-state index contributed by atoms with van der Waals surface area (Å²) < 4.78 is 12.5. The Labute approximate surface area is 223 Å². The minimum Gasteiger partial charge on any atom is -0.508 e. The molecular formula is C33H31NO4. The zero-order chi connectivity index (χ0) is 26.6. The molecule has 0 bridgehead atoms. The maximum absolute atomic E-state index is 13.9. The lowest BCUT2D eigenvalue weighted by atomic mass is 10.0. The van der Waals surface area contributed by atoms with Crippen molar-refractivity contribution in [3.63, 3.8) is 0 Å². The monoisotopic (exact) mass is 505 g/mol. The van der Waals surface area contributed by atoms with Crippen molar-refractivity contribution in [2.75, 3.05) is 0 Å². The van der Waals surface area contributed by atoms with Crippen LogP contribution in [0.15, 0.2) is 91.5 Å². The molecule has 4 aromatic carbocycles. The summed E-state index contributed by atoms with van der Waals surface area (Å²) in [6.07, 6.45) is 0. The summed E-state index contributed by atoms with van der Waals surface area (Å²) in [6.45, 7) is 9.61. The lowest BCUT2D eigenvalue weighted by Crippen LogP contribution is -2.26. The van der Waals surface area contributed by atoms with Gasteiger partial charge in [0.1, 0.15) is 30.5 Å². The number of carbonyl (C=O) groups excluding carboxylic acids is 1. The molecule has 5 rings (SSSR count). The Bertz CT molecular complexity index is 1480. The number of amides is 1. The van der Waals surface area contributed by atoms with Gasteiger partial charge in [-0.25, -0.2) is 0 Å². The predicted octanol–water partition coefficient (Wildman–Crippen LogP) is 7.05. The molecular weight excluding hydrogens is 474 g/mol. The highest BCUT2D eigenvalue weighted by molar-refractivity contribution is 5.98. The molecule has 1 N–H and O–H groups in total. The Morgan fingerprint density at radius 2 is 1.42 bits per heavy atom. The Morgan fingerprint density at radius 1 is 0.842 bits per heavy atom. The number of ether oxygens (including phenoxy) is 2. The number of fused-ring (bicyclic) bond motifs is 1. The molecule has 1 heterocycles. The highest BCUT2D eigenvalue weighted by Gasteiger charge is 2.29. The number of aromatic hydroxyl groups is 1. The molecule has 5 nitrogen and oxygen atoms in total. The second-order valence-corrected chi connectivity index (χ2v) is 9.73. The molecule has 4 aromatic rings. The highest BCUT2D eigenvalue weighted by Crippen LogP contribution is 2.37. The van der Waals surface area contributed by atoms with Crippen molar-refractivity contribution in [1.82, 2.24) is 4.90 Å². The molecule has 192 valence electrons. The van der Waals surface area contributed by atoms with Crippen LogP contribution in [0, 0.1) is 6.92 Å². The van der Waals surface area contributed by atoms with E-state index in [9.17, 15) is 9.90 Å². The standard InChI is InChI=1S/C33H31NO4/c1-22(2)28-16-29(33(36)34-18-26-15-27(35)14-23(3)30(26)19-34)32(38-21-25-12-8-5-9-13-25)17-31(28)37-20-24-10-6-4-7-11-24/h4-17,35H,1,18-21H2,2-3H3. The van der Waals surface area contributed by atoms with Crippen LogP contribution in [0.3, 0.4) is 0 Å². The maximum Gasteiger partial charge on any atom is 0.258 e. The summed E-state index contributed by atoms with van der Waals surface area (Å²) in [6, 6.07) is 26.9. The number of hydrogen-bond acceptors (Lipinski definition) is 4. The number of nitrogens with zero attached hydrogens (tertiary/aromatic N) is 1. The van der Waals surface area contributed by atoms with Gasteiger partial charge in [-0.2, -0.15) is 0 Å². The van der Waals surface area contributed by atoms with Gasteiger partial charge in [0.2, 0.25) is 0 Å². The fourth-order valence-electron chi connectivity index (χ4n) is 4.77. The van der Waals surface area contributed by atoms with E-state index in [1.807, 2.05) is 86.6 Å². The largest absolute Gasteiger partial charge is 0.508 e. The lowest BCUT2D eigenvalue weighted by Gasteiger charge is -2.21. The van der Waals surface area contributed by atoms with E-state index in [2.05, 4.69) is 6.58 Å². The number of carbonyl (C=O) groups is 1. The van der Waals surface area contributed by atoms with E-state index in [0.717, 1.165) is 39.0 Å². The van der Waals surface area contributed by atoms with E-state index < -0.39 is 0 Å². The minimum atomic E-state index is -0.139. The van der Waals surface area contributed by atoms with Crippen LogP contribution >= 0.6 is 0 Å².